The molecule has 2 aromatic carbocycles. The van der Waals surface area contributed by atoms with Gasteiger partial charge < -0.3 is 25.6 Å². The molecular weight excluding hydrogens is 332 g/mol. The number of alkyl carbamates (subject to hydrolysis) is 1. The van der Waals surface area contributed by atoms with Gasteiger partial charge in [0.1, 0.15) is 17.8 Å². The van der Waals surface area contributed by atoms with Crippen LogP contribution in [0.15, 0.2) is 54.6 Å². The van der Waals surface area contributed by atoms with E-state index >= 15 is 0 Å². The summed E-state index contributed by atoms with van der Waals surface area (Å²) in [5.41, 5.74) is 1.77. The highest BCUT2D eigenvalue weighted by Crippen LogP contribution is 2.21. The van der Waals surface area contributed by atoms with E-state index in [4.69, 9.17) is 4.74 Å². The van der Waals surface area contributed by atoms with Gasteiger partial charge in [-0.3, -0.25) is 0 Å². The fourth-order valence-corrected chi connectivity index (χ4v) is 2.29. The van der Waals surface area contributed by atoms with Crippen molar-refractivity contribution in [2.75, 3.05) is 11.9 Å². The second-order valence-corrected chi connectivity index (χ2v) is 7.01. The van der Waals surface area contributed by atoms with Gasteiger partial charge in [0.25, 0.3) is 0 Å². The zero-order valence-corrected chi connectivity index (χ0v) is 15.3. The third kappa shape index (κ3) is 6.38. The van der Waals surface area contributed by atoms with Crippen LogP contribution in [0.3, 0.4) is 0 Å². The monoisotopic (exact) mass is 358 g/mol. The summed E-state index contributed by atoms with van der Waals surface area (Å²) < 4.78 is 5.09. The van der Waals surface area contributed by atoms with Crippen molar-refractivity contribution in [2.45, 2.75) is 38.6 Å². The van der Waals surface area contributed by atoms with Crippen LogP contribution in [-0.2, 0) is 4.74 Å². The van der Waals surface area contributed by atoms with Gasteiger partial charge in [-0.25, -0.2) is 4.79 Å². The van der Waals surface area contributed by atoms with E-state index in [2.05, 4.69) is 10.6 Å². The molecule has 2 unspecified atom stereocenters. The zero-order valence-electron chi connectivity index (χ0n) is 15.3. The standard InChI is InChI=1S/C20H26N2O4/c1-20(2,3)26-19(25)21-13-17(23)18(24)14-9-11-16(12-10-14)22-15-7-5-4-6-8-15/h4-12,17-18,22-24H,13H2,1-3H3,(H,21,25). The first kappa shape index (κ1) is 19.8. The van der Waals surface area contributed by atoms with Crippen LogP contribution in [0.2, 0.25) is 0 Å². The van der Waals surface area contributed by atoms with Crippen LogP contribution in [-0.4, -0.2) is 34.6 Å². The van der Waals surface area contributed by atoms with Crippen molar-refractivity contribution in [3.63, 3.8) is 0 Å². The van der Waals surface area contributed by atoms with Gasteiger partial charge in [0.05, 0.1) is 0 Å². The average molecular weight is 358 g/mol. The lowest BCUT2D eigenvalue weighted by atomic mass is 10.0. The van der Waals surface area contributed by atoms with Gasteiger partial charge in [-0.05, 0) is 50.6 Å². The van der Waals surface area contributed by atoms with E-state index in [9.17, 15) is 15.0 Å². The molecule has 0 aliphatic rings. The summed E-state index contributed by atoms with van der Waals surface area (Å²) in [6, 6.07) is 16.8. The first-order valence-corrected chi connectivity index (χ1v) is 8.49. The molecule has 0 bridgehead atoms. The van der Waals surface area contributed by atoms with Crippen molar-refractivity contribution in [3.05, 3.63) is 60.2 Å². The maximum Gasteiger partial charge on any atom is 0.407 e. The molecule has 26 heavy (non-hydrogen) atoms. The predicted octanol–water partition coefficient (Wildman–Crippen LogP) is 3.35. The molecule has 0 aliphatic carbocycles. The van der Waals surface area contributed by atoms with Crippen molar-refractivity contribution in [2.24, 2.45) is 0 Å². The Morgan fingerprint density at radius 1 is 1.00 bits per heavy atom. The topological polar surface area (TPSA) is 90.8 Å². The molecule has 0 spiro atoms. The van der Waals surface area contributed by atoms with Crippen molar-refractivity contribution < 1.29 is 19.7 Å². The SMILES string of the molecule is CC(C)(C)OC(=O)NCC(O)C(O)c1ccc(Nc2ccccc2)cc1. The number of carbonyl (C=O) groups is 1. The number of hydrogen-bond donors (Lipinski definition) is 4. The summed E-state index contributed by atoms with van der Waals surface area (Å²) in [7, 11) is 0. The van der Waals surface area contributed by atoms with Gasteiger partial charge in [0.2, 0.25) is 0 Å². The molecule has 2 aromatic rings. The molecule has 0 aromatic heterocycles. The summed E-state index contributed by atoms with van der Waals surface area (Å²) >= 11 is 0. The fourth-order valence-electron chi connectivity index (χ4n) is 2.29. The summed E-state index contributed by atoms with van der Waals surface area (Å²) in [5.74, 6) is 0. The van der Waals surface area contributed by atoms with Gasteiger partial charge in [0, 0.05) is 17.9 Å². The second kappa shape index (κ2) is 8.69. The number of aliphatic hydroxyl groups is 2. The highest BCUT2D eigenvalue weighted by Gasteiger charge is 2.21. The third-order valence-electron chi connectivity index (χ3n) is 3.53. The highest BCUT2D eigenvalue weighted by atomic mass is 16.6. The molecule has 0 saturated carbocycles. The minimum Gasteiger partial charge on any atom is -0.444 e. The number of para-hydroxylation sites is 1. The van der Waals surface area contributed by atoms with E-state index < -0.39 is 23.9 Å². The zero-order chi connectivity index (χ0) is 19.2. The minimum absolute atomic E-state index is 0.111. The molecule has 140 valence electrons. The lowest BCUT2D eigenvalue weighted by Gasteiger charge is -2.22. The molecule has 0 saturated heterocycles. The number of carbonyl (C=O) groups excluding carboxylic acids is 1. The number of amides is 1. The number of benzene rings is 2. The first-order chi connectivity index (χ1) is 12.2. The lowest BCUT2D eigenvalue weighted by molar-refractivity contribution is 0.0129. The van der Waals surface area contributed by atoms with Gasteiger partial charge in [-0.1, -0.05) is 30.3 Å². The average Bonchev–Trinajstić information content (AvgIpc) is 2.59. The van der Waals surface area contributed by atoms with E-state index in [0.29, 0.717) is 5.56 Å². The van der Waals surface area contributed by atoms with Crippen molar-refractivity contribution in [3.8, 4) is 0 Å². The molecule has 1 amide bonds. The molecule has 0 heterocycles. The van der Waals surface area contributed by atoms with Gasteiger partial charge in [-0.2, -0.15) is 0 Å². The molecule has 0 fully saturated rings. The van der Waals surface area contributed by atoms with Crippen molar-refractivity contribution in [1.82, 2.24) is 5.32 Å². The Balaban J connectivity index is 1.88. The lowest BCUT2D eigenvalue weighted by Crippen LogP contribution is -2.38. The first-order valence-electron chi connectivity index (χ1n) is 8.49. The van der Waals surface area contributed by atoms with Crippen LogP contribution in [0.4, 0.5) is 16.2 Å². The third-order valence-corrected chi connectivity index (χ3v) is 3.53. The fraction of sp³-hybridized carbons (Fsp3) is 0.350. The normalized spacial score (nSPS) is 13.6. The summed E-state index contributed by atoms with van der Waals surface area (Å²) in [5, 5.41) is 26.0. The van der Waals surface area contributed by atoms with Gasteiger partial charge in [-0.15, -0.1) is 0 Å². The van der Waals surface area contributed by atoms with E-state index in [0.717, 1.165) is 11.4 Å². The molecule has 0 aliphatic heterocycles. The highest BCUT2D eigenvalue weighted by molar-refractivity contribution is 5.67. The molecule has 2 rings (SSSR count). The van der Waals surface area contributed by atoms with Gasteiger partial charge in [0.15, 0.2) is 0 Å². The molecule has 4 N–H and O–H groups in total. The number of nitrogens with one attached hydrogen (secondary N) is 2. The van der Waals surface area contributed by atoms with E-state index in [-0.39, 0.29) is 6.54 Å². The smallest absolute Gasteiger partial charge is 0.407 e. The van der Waals surface area contributed by atoms with Crippen molar-refractivity contribution >= 4 is 17.5 Å². The molecule has 6 nitrogen and oxygen atoms in total. The van der Waals surface area contributed by atoms with Crippen LogP contribution >= 0.6 is 0 Å². The Bertz CT molecular complexity index is 696. The Labute approximate surface area is 153 Å². The maximum absolute atomic E-state index is 11.6. The summed E-state index contributed by atoms with van der Waals surface area (Å²) in [6.45, 7) is 5.15. The summed E-state index contributed by atoms with van der Waals surface area (Å²) in [4.78, 5) is 11.6. The van der Waals surface area contributed by atoms with E-state index in [1.165, 1.54) is 0 Å². The minimum atomic E-state index is -1.14. The number of aliphatic hydroxyl groups excluding tert-OH is 2. The van der Waals surface area contributed by atoms with Crippen LogP contribution in [0.1, 0.15) is 32.4 Å². The van der Waals surface area contributed by atoms with Crippen LogP contribution in [0.25, 0.3) is 0 Å². The predicted molar refractivity (Wildman–Crippen MR) is 101 cm³/mol. The Morgan fingerprint density at radius 3 is 2.15 bits per heavy atom. The number of anilines is 2. The second-order valence-electron chi connectivity index (χ2n) is 7.01. The van der Waals surface area contributed by atoms with Crippen LogP contribution in [0.5, 0.6) is 0 Å². The molecular formula is C20H26N2O4. The number of rotatable bonds is 6. The van der Waals surface area contributed by atoms with Crippen molar-refractivity contribution in [1.29, 1.82) is 0 Å². The Hall–Kier alpha value is -2.57. The summed E-state index contributed by atoms with van der Waals surface area (Å²) in [6.07, 6.45) is -2.89. The van der Waals surface area contributed by atoms with E-state index in [1.807, 2.05) is 42.5 Å². The number of hydrogen-bond acceptors (Lipinski definition) is 5. The largest absolute Gasteiger partial charge is 0.444 e. The van der Waals surface area contributed by atoms with Gasteiger partial charge >= 0.3 is 6.09 Å². The molecule has 6 heteroatoms. The Morgan fingerprint density at radius 2 is 1.58 bits per heavy atom. The quantitative estimate of drug-likeness (QED) is 0.636. The van der Waals surface area contributed by atoms with Crippen LogP contribution in [0, 0.1) is 0 Å². The number of ether oxygens (including phenoxy) is 1. The Kier molecular flexibility index (Phi) is 6.60. The molecule has 0 radical (unpaired) electrons. The maximum atomic E-state index is 11.6. The van der Waals surface area contributed by atoms with Crippen LogP contribution < -0.4 is 10.6 Å². The molecule has 2 atom stereocenters. The van der Waals surface area contributed by atoms with E-state index in [1.54, 1.807) is 32.9 Å².